The number of hydrogen-bond donors (Lipinski definition) is 1. The minimum atomic E-state index is -0.0425. The van der Waals surface area contributed by atoms with Gasteiger partial charge in [-0.2, -0.15) is 0 Å². The Balaban J connectivity index is 1.42. The van der Waals surface area contributed by atoms with Gasteiger partial charge in [0.05, 0.1) is 0 Å². The molecule has 1 N–H and O–H groups in total. The molecule has 1 aliphatic heterocycles. The van der Waals surface area contributed by atoms with Crippen molar-refractivity contribution in [3.05, 3.63) is 71.3 Å². The number of carbonyl (C=O) groups excluding carboxylic acids is 1. The largest absolute Gasteiger partial charge is 0.378 e. The second-order valence-corrected chi connectivity index (χ2v) is 6.91. The van der Waals surface area contributed by atoms with Crippen LogP contribution in [0.25, 0.3) is 6.08 Å². The standard InChI is InChI=1S/C22H27N3O/c1-24(2)21-10-7-18(8-11-21)9-12-22(26)23-14-16-25-15-13-19-5-3-4-6-20(19)17-25/h3-12H,13-17H2,1-2H3,(H,23,26)/b12-9+. The van der Waals surface area contributed by atoms with Crippen LogP contribution >= 0.6 is 0 Å². The molecule has 4 nitrogen and oxygen atoms in total. The maximum Gasteiger partial charge on any atom is 0.244 e. The molecule has 2 aromatic rings. The number of hydrogen-bond acceptors (Lipinski definition) is 3. The molecule has 0 radical (unpaired) electrons. The zero-order valence-electron chi connectivity index (χ0n) is 15.6. The van der Waals surface area contributed by atoms with Crippen LogP contribution in [0.3, 0.4) is 0 Å². The Labute approximate surface area is 156 Å². The normalized spacial score (nSPS) is 14.2. The molecular formula is C22H27N3O. The summed E-state index contributed by atoms with van der Waals surface area (Å²) in [6.45, 7) is 3.58. The van der Waals surface area contributed by atoms with Crippen LogP contribution in [0.15, 0.2) is 54.6 Å². The van der Waals surface area contributed by atoms with E-state index in [1.807, 2.05) is 44.4 Å². The number of nitrogens with zero attached hydrogens (tertiary/aromatic N) is 2. The van der Waals surface area contributed by atoms with Gasteiger partial charge >= 0.3 is 0 Å². The van der Waals surface area contributed by atoms with E-state index in [0.29, 0.717) is 6.54 Å². The minimum Gasteiger partial charge on any atom is -0.378 e. The van der Waals surface area contributed by atoms with Gasteiger partial charge in [0.25, 0.3) is 0 Å². The van der Waals surface area contributed by atoms with Crippen LogP contribution in [0.2, 0.25) is 0 Å². The Hall–Kier alpha value is -2.59. The molecule has 0 bridgehead atoms. The molecule has 1 amide bonds. The summed E-state index contributed by atoms with van der Waals surface area (Å²) in [5.41, 5.74) is 5.04. The number of carbonyl (C=O) groups is 1. The average Bonchev–Trinajstić information content (AvgIpc) is 2.66. The van der Waals surface area contributed by atoms with Crippen molar-refractivity contribution in [1.82, 2.24) is 10.2 Å². The van der Waals surface area contributed by atoms with Gasteiger partial charge in [-0.3, -0.25) is 9.69 Å². The third-order valence-electron chi connectivity index (χ3n) is 4.77. The lowest BCUT2D eigenvalue weighted by Crippen LogP contribution is -2.37. The quantitative estimate of drug-likeness (QED) is 0.815. The van der Waals surface area contributed by atoms with Crippen LogP contribution in [0, 0.1) is 0 Å². The molecule has 2 aromatic carbocycles. The summed E-state index contributed by atoms with van der Waals surface area (Å²) in [6.07, 6.45) is 4.55. The first-order chi connectivity index (χ1) is 12.6. The van der Waals surface area contributed by atoms with E-state index in [2.05, 4.69) is 39.4 Å². The SMILES string of the molecule is CN(C)c1ccc(/C=C/C(=O)NCCN2CCc3ccccc3C2)cc1. The smallest absolute Gasteiger partial charge is 0.244 e. The number of amides is 1. The van der Waals surface area contributed by atoms with Crippen LogP contribution in [0.5, 0.6) is 0 Å². The van der Waals surface area contributed by atoms with Crippen molar-refractivity contribution < 1.29 is 4.79 Å². The lowest BCUT2D eigenvalue weighted by Gasteiger charge is -2.28. The van der Waals surface area contributed by atoms with Crippen LogP contribution < -0.4 is 10.2 Å². The summed E-state index contributed by atoms with van der Waals surface area (Å²) >= 11 is 0. The first-order valence-electron chi connectivity index (χ1n) is 9.14. The van der Waals surface area contributed by atoms with Crippen LogP contribution in [-0.2, 0) is 17.8 Å². The van der Waals surface area contributed by atoms with E-state index in [-0.39, 0.29) is 5.91 Å². The number of nitrogens with one attached hydrogen (secondary N) is 1. The summed E-state index contributed by atoms with van der Waals surface area (Å²) in [6, 6.07) is 16.7. The number of anilines is 1. The van der Waals surface area contributed by atoms with E-state index < -0.39 is 0 Å². The summed E-state index contributed by atoms with van der Waals surface area (Å²) in [5, 5.41) is 2.98. The molecule has 0 aromatic heterocycles. The van der Waals surface area contributed by atoms with Gasteiger partial charge in [0, 0.05) is 52.0 Å². The Bertz CT molecular complexity index is 765. The van der Waals surface area contributed by atoms with Gasteiger partial charge in [0.2, 0.25) is 5.91 Å². The Morgan fingerprint density at radius 2 is 1.85 bits per heavy atom. The summed E-state index contributed by atoms with van der Waals surface area (Å²) in [7, 11) is 4.03. The first kappa shape index (κ1) is 18.2. The maximum atomic E-state index is 12.0. The van der Waals surface area contributed by atoms with Crippen molar-refractivity contribution in [3.8, 4) is 0 Å². The van der Waals surface area contributed by atoms with E-state index in [9.17, 15) is 4.79 Å². The molecule has 3 rings (SSSR count). The zero-order valence-corrected chi connectivity index (χ0v) is 15.6. The van der Waals surface area contributed by atoms with Gasteiger partial charge in [-0.25, -0.2) is 0 Å². The van der Waals surface area contributed by atoms with Crippen molar-refractivity contribution in [2.75, 3.05) is 38.6 Å². The lowest BCUT2D eigenvalue weighted by atomic mass is 10.00. The Morgan fingerprint density at radius 3 is 2.58 bits per heavy atom. The van der Waals surface area contributed by atoms with Gasteiger partial charge in [0.1, 0.15) is 0 Å². The fraction of sp³-hybridized carbons (Fsp3) is 0.318. The van der Waals surface area contributed by atoms with Crippen molar-refractivity contribution in [1.29, 1.82) is 0 Å². The molecule has 0 aliphatic carbocycles. The molecule has 0 atom stereocenters. The van der Waals surface area contributed by atoms with Crippen molar-refractivity contribution in [2.45, 2.75) is 13.0 Å². The van der Waals surface area contributed by atoms with E-state index in [1.54, 1.807) is 6.08 Å². The molecule has 0 saturated carbocycles. The third kappa shape index (κ3) is 4.96. The lowest BCUT2D eigenvalue weighted by molar-refractivity contribution is -0.116. The first-order valence-corrected chi connectivity index (χ1v) is 9.14. The van der Waals surface area contributed by atoms with Crippen molar-refractivity contribution in [3.63, 3.8) is 0 Å². The highest BCUT2D eigenvalue weighted by Gasteiger charge is 2.14. The van der Waals surface area contributed by atoms with Gasteiger partial charge in [-0.1, -0.05) is 36.4 Å². The highest BCUT2D eigenvalue weighted by atomic mass is 16.1. The van der Waals surface area contributed by atoms with Crippen LogP contribution in [-0.4, -0.2) is 44.5 Å². The van der Waals surface area contributed by atoms with Gasteiger partial charge < -0.3 is 10.2 Å². The molecule has 1 aliphatic rings. The van der Waals surface area contributed by atoms with Gasteiger partial charge in [0.15, 0.2) is 0 Å². The molecular weight excluding hydrogens is 322 g/mol. The predicted octanol–water partition coefficient (Wildman–Crippen LogP) is 2.94. The van der Waals surface area contributed by atoms with Crippen LogP contribution in [0.4, 0.5) is 5.69 Å². The van der Waals surface area contributed by atoms with E-state index in [0.717, 1.165) is 37.3 Å². The molecule has 0 unspecified atom stereocenters. The van der Waals surface area contributed by atoms with Crippen molar-refractivity contribution in [2.24, 2.45) is 0 Å². The van der Waals surface area contributed by atoms with E-state index in [1.165, 1.54) is 11.1 Å². The second-order valence-electron chi connectivity index (χ2n) is 6.91. The van der Waals surface area contributed by atoms with Crippen molar-refractivity contribution >= 4 is 17.7 Å². The minimum absolute atomic E-state index is 0.0425. The summed E-state index contributed by atoms with van der Waals surface area (Å²) < 4.78 is 0. The monoisotopic (exact) mass is 349 g/mol. The molecule has 26 heavy (non-hydrogen) atoms. The van der Waals surface area contributed by atoms with Gasteiger partial charge in [-0.15, -0.1) is 0 Å². The maximum absolute atomic E-state index is 12.0. The van der Waals surface area contributed by atoms with Crippen LogP contribution in [0.1, 0.15) is 16.7 Å². The number of fused-ring (bicyclic) bond motifs is 1. The fourth-order valence-electron chi connectivity index (χ4n) is 3.20. The topological polar surface area (TPSA) is 35.6 Å². The summed E-state index contributed by atoms with van der Waals surface area (Å²) in [4.78, 5) is 16.5. The van der Waals surface area contributed by atoms with Gasteiger partial charge in [-0.05, 0) is 41.3 Å². The molecule has 0 saturated heterocycles. The number of benzene rings is 2. The van der Waals surface area contributed by atoms with E-state index in [4.69, 9.17) is 0 Å². The fourth-order valence-corrected chi connectivity index (χ4v) is 3.20. The highest BCUT2D eigenvalue weighted by molar-refractivity contribution is 5.91. The highest BCUT2D eigenvalue weighted by Crippen LogP contribution is 2.17. The zero-order chi connectivity index (χ0) is 18.4. The molecule has 0 spiro atoms. The third-order valence-corrected chi connectivity index (χ3v) is 4.77. The van der Waals surface area contributed by atoms with E-state index >= 15 is 0 Å². The Morgan fingerprint density at radius 1 is 1.12 bits per heavy atom. The molecule has 136 valence electrons. The average molecular weight is 349 g/mol. The molecule has 0 fully saturated rings. The predicted molar refractivity (Wildman–Crippen MR) is 108 cm³/mol. The molecule has 4 heteroatoms. The second kappa shape index (κ2) is 8.68. The summed E-state index contributed by atoms with van der Waals surface area (Å²) in [5.74, 6) is -0.0425. The number of rotatable bonds is 6. The molecule has 1 heterocycles. The Kier molecular flexibility index (Phi) is 6.08.